The molecule has 0 radical (unpaired) electrons. The second-order valence-electron chi connectivity index (χ2n) is 4.71. The number of carboxylic acids is 1. The number of fused-ring (bicyclic) bond motifs is 1. The zero-order valence-electron chi connectivity index (χ0n) is 12.0. The van der Waals surface area contributed by atoms with Crippen LogP contribution in [0.3, 0.4) is 0 Å². The Kier molecular flexibility index (Phi) is 4.90. The molecule has 0 aliphatic carbocycles. The molecule has 0 saturated heterocycles. The van der Waals surface area contributed by atoms with Crippen molar-refractivity contribution < 1.29 is 19.4 Å². The lowest BCUT2D eigenvalue weighted by atomic mass is 10.1. The monoisotopic (exact) mass is 304 g/mol. The summed E-state index contributed by atoms with van der Waals surface area (Å²) in [6, 6.07) is 8.41. The summed E-state index contributed by atoms with van der Waals surface area (Å²) >= 11 is 0. The highest BCUT2D eigenvalue weighted by atomic mass is 16.5. The van der Waals surface area contributed by atoms with Gasteiger partial charge in [0, 0.05) is 19.0 Å². The fraction of sp³-hybridized carbons (Fsp3) is 0.267. The summed E-state index contributed by atoms with van der Waals surface area (Å²) in [5, 5.41) is 9.99. The van der Waals surface area contributed by atoms with E-state index in [4.69, 9.17) is 9.84 Å². The minimum atomic E-state index is -1.13. The summed E-state index contributed by atoms with van der Waals surface area (Å²) in [5.41, 5.74) is -0.329. The van der Waals surface area contributed by atoms with Gasteiger partial charge < -0.3 is 19.7 Å². The third-order valence-electron chi connectivity index (χ3n) is 3.16. The van der Waals surface area contributed by atoms with Crippen LogP contribution in [0.25, 0.3) is 10.8 Å². The number of carbonyl (C=O) groups excluding carboxylic acids is 1. The molecule has 1 amide bonds. The number of nitrogens with zero attached hydrogens (tertiary/aromatic N) is 1. The first-order valence-electron chi connectivity index (χ1n) is 6.65. The molecule has 0 spiro atoms. The molecule has 1 aromatic carbocycles. The molecule has 0 bridgehead atoms. The first-order valence-corrected chi connectivity index (χ1v) is 6.65. The van der Waals surface area contributed by atoms with E-state index in [2.05, 4.69) is 4.98 Å². The van der Waals surface area contributed by atoms with Gasteiger partial charge in [0.15, 0.2) is 0 Å². The normalized spacial score (nSPS) is 10.6. The minimum Gasteiger partial charge on any atom is -0.480 e. The number of methoxy groups -OCH3 is 1. The topological polar surface area (TPSA) is 99.7 Å². The van der Waals surface area contributed by atoms with Crippen LogP contribution in [-0.4, -0.2) is 53.7 Å². The Morgan fingerprint density at radius 3 is 2.73 bits per heavy atom. The molecule has 116 valence electrons. The molecule has 7 heteroatoms. The average molecular weight is 304 g/mol. The van der Waals surface area contributed by atoms with Crippen LogP contribution in [0.2, 0.25) is 0 Å². The van der Waals surface area contributed by atoms with E-state index in [-0.39, 0.29) is 24.4 Å². The summed E-state index contributed by atoms with van der Waals surface area (Å²) in [7, 11) is 1.46. The molecule has 2 aromatic rings. The first kappa shape index (κ1) is 15.7. The van der Waals surface area contributed by atoms with Crippen LogP contribution in [0.15, 0.2) is 35.1 Å². The number of nitrogens with one attached hydrogen (secondary N) is 1. The number of H-pyrrole nitrogens is 1. The number of rotatable bonds is 6. The van der Waals surface area contributed by atoms with E-state index in [1.54, 1.807) is 30.3 Å². The van der Waals surface area contributed by atoms with Crippen LogP contribution < -0.4 is 5.56 Å². The van der Waals surface area contributed by atoms with Gasteiger partial charge in [-0.25, -0.2) is 0 Å². The molecule has 2 N–H and O–H groups in total. The third kappa shape index (κ3) is 3.50. The second kappa shape index (κ2) is 6.86. The van der Waals surface area contributed by atoms with E-state index in [9.17, 15) is 14.4 Å². The number of hydrogen-bond donors (Lipinski definition) is 2. The standard InChI is InChI=1S/C15H16N2O5/c1-22-7-6-17(9-13(18)19)15(21)12-8-10-4-2-3-5-11(10)14(20)16-12/h2-5,8H,6-7,9H2,1H3,(H,16,20)(H,18,19). The van der Waals surface area contributed by atoms with Crippen LogP contribution in [0.5, 0.6) is 0 Å². The molecule has 0 aliphatic rings. The van der Waals surface area contributed by atoms with Crippen LogP contribution in [-0.2, 0) is 9.53 Å². The number of carboxylic acid groups (broad SMARTS) is 1. The van der Waals surface area contributed by atoms with Crippen LogP contribution in [0, 0.1) is 0 Å². The highest BCUT2D eigenvalue weighted by Gasteiger charge is 2.19. The van der Waals surface area contributed by atoms with E-state index in [0.717, 1.165) is 4.90 Å². The van der Waals surface area contributed by atoms with Crippen molar-refractivity contribution in [1.29, 1.82) is 0 Å². The SMILES string of the molecule is COCCN(CC(=O)O)C(=O)c1cc2ccccc2c(=O)[nH]1. The molecule has 1 heterocycles. The summed E-state index contributed by atoms with van der Waals surface area (Å²) in [6.45, 7) is -0.135. The van der Waals surface area contributed by atoms with Gasteiger partial charge in [-0.3, -0.25) is 14.4 Å². The predicted octanol–water partition coefficient (Wildman–Crippen LogP) is 0.701. The highest BCUT2D eigenvalue weighted by Crippen LogP contribution is 2.11. The second-order valence-corrected chi connectivity index (χ2v) is 4.71. The molecule has 0 saturated carbocycles. The largest absolute Gasteiger partial charge is 0.480 e. The van der Waals surface area contributed by atoms with Gasteiger partial charge in [-0.1, -0.05) is 18.2 Å². The van der Waals surface area contributed by atoms with Crippen molar-refractivity contribution >= 4 is 22.6 Å². The molecule has 2 rings (SSSR count). The van der Waals surface area contributed by atoms with E-state index in [0.29, 0.717) is 10.8 Å². The van der Waals surface area contributed by atoms with Crippen molar-refractivity contribution in [1.82, 2.24) is 9.88 Å². The van der Waals surface area contributed by atoms with Gasteiger partial charge in [0.05, 0.1) is 6.61 Å². The minimum absolute atomic E-state index is 0.0565. The number of benzene rings is 1. The van der Waals surface area contributed by atoms with Gasteiger partial charge in [-0.2, -0.15) is 0 Å². The Morgan fingerprint density at radius 1 is 1.32 bits per heavy atom. The van der Waals surface area contributed by atoms with E-state index < -0.39 is 18.4 Å². The van der Waals surface area contributed by atoms with Crippen molar-refractivity contribution in [3.63, 3.8) is 0 Å². The fourth-order valence-corrected chi connectivity index (χ4v) is 2.11. The van der Waals surface area contributed by atoms with Crippen molar-refractivity contribution in [2.75, 3.05) is 26.8 Å². The van der Waals surface area contributed by atoms with Gasteiger partial charge in [0.2, 0.25) is 0 Å². The number of carbonyl (C=O) groups is 2. The first-order chi connectivity index (χ1) is 10.5. The maximum atomic E-state index is 12.4. The molecule has 22 heavy (non-hydrogen) atoms. The molecule has 0 fully saturated rings. The Morgan fingerprint density at radius 2 is 2.05 bits per heavy atom. The Labute approximate surface area is 126 Å². The molecule has 1 aromatic heterocycles. The Bertz CT molecular complexity index is 753. The highest BCUT2D eigenvalue weighted by molar-refractivity contribution is 5.97. The van der Waals surface area contributed by atoms with Crippen LogP contribution in [0.1, 0.15) is 10.5 Å². The quantitative estimate of drug-likeness (QED) is 0.818. The number of hydrogen-bond acceptors (Lipinski definition) is 4. The summed E-state index contributed by atoms with van der Waals surface area (Å²) in [4.78, 5) is 38.9. The molecular formula is C15H16N2O5. The van der Waals surface area contributed by atoms with Gasteiger partial charge in [-0.05, 0) is 17.5 Å². The average Bonchev–Trinajstić information content (AvgIpc) is 2.50. The lowest BCUT2D eigenvalue weighted by Gasteiger charge is -2.20. The number of ether oxygens (including phenoxy) is 1. The summed E-state index contributed by atoms with van der Waals surface area (Å²) < 4.78 is 4.88. The maximum absolute atomic E-state index is 12.4. The van der Waals surface area contributed by atoms with Gasteiger partial charge in [-0.15, -0.1) is 0 Å². The number of pyridine rings is 1. The number of aromatic nitrogens is 1. The molecule has 0 aliphatic heterocycles. The zero-order chi connectivity index (χ0) is 16.1. The van der Waals surface area contributed by atoms with Crippen molar-refractivity contribution in [3.8, 4) is 0 Å². The Balaban J connectivity index is 2.37. The summed E-state index contributed by atoms with van der Waals surface area (Å²) in [6.07, 6.45) is 0. The zero-order valence-corrected chi connectivity index (χ0v) is 12.0. The smallest absolute Gasteiger partial charge is 0.323 e. The lowest BCUT2D eigenvalue weighted by molar-refractivity contribution is -0.137. The van der Waals surface area contributed by atoms with Gasteiger partial charge >= 0.3 is 5.97 Å². The summed E-state index contributed by atoms with van der Waals surface area (Å²) in [5.74, 6) is -1.69. The lowest BCUT2D eigenvalue weighted by Crippen LogP contribution is -2.39. The third-order valence-corrected chi connectivity index (χ3v) is 3.16. The number of aliphatic carboxylic acids is 1. The molecule has 0 atom stereocenters. The fourth-order valence-electron chi connectivity index (χ4n) is 2.11. The van der Waals surface area contributed by atoms with Crippen molar-refractivity contribution in [3.05, 3.63) is 46.4 Å². The maximum Gasteiger partial charge on any atom is 0.323 e. The van der Waals surface area contributed by atoms with E-state index in [1.165, 1.54) is 7.11 Å². The van der Waals surface area contributed by atoms with E-state index in [1.807, 2.05) is 0 Å². The predicted molar refractivity (Wildman–Crippen MR) is 80.0 cm³/mol. The number of aromatic amines is 1. The molecule has 7 nitrogen and oxygen atoms in total. The molecule has 0 unspecified atom stereocenters. The van der Waals surface area contributed by atoms with E-state index >= 15 is 0 Å². The van der Waals surface area contributed by atoms with Crippen LogP contribution in [0.4, 0.5) is 0 Å². The molecular weight excluding hydrogens is 288 g/mol. The van der Waals surface area contributed by atoms with Gasteiger partial charge in [0.25, 0.3) is 11.5 Å². The number of amides is 1. The Hall–Kier alpha value is -2.67. The van der Waals surface area contributed by atoms with Crippen molar-refractivity contribution in [2.45, 2.75) is 0 Å². The van der Waals surface area contributed by atoms with Gasteiger partial charge in [0.1, 0.15) is 12.2 Å². The van der Waals surface area contributed by atoms with Crippen LogP contribution >= 0.6 is 0 Å². The van der Waals surface area contributed by atoms with Crippen molar-refractivity contribution in [2.24, 2.45) is 0 Å².